The molecule has 0 atom stereocenters. The number of hydrogen-bond donors (Lipinski definition) is 3. The van der Waals surface area contributed by atoms with Crippen LogP contribution in [0, 0.1) is 0 Å². The molecule has 1 saturated carbocycles. The van der Waals surface area contributed by atoms with Crippen LogP contribution in [0.15, 0.2) is 72.8 Å². The highest BCUT2D eigenvalue weighted by Gasteiger charge is 2.23. The Kier molecular flexibility index (Phi) is 11.4. The van der Waals surface area contributed by atoms with Crippen molar-refractivity contribution in [2.24, 2.45) is 0 Å². The molecule has 43 heavy (non-hydrogen) atoms. The average Bonchev–Trinajstić information content (AvgIpc) is 3.06. The maximum absolute atomic E-state index is 12.8. The highest BCUT2D eigenvalue weighted by molar-refractivity contribution is 5.94. The Morgan fingerprint density at radius 3 is 2.37 bits per heavy atom. The summed E-state index contributed by atoms with van der Waals surface area (Å²) < 4.78 is 0. The topological polar surface area (TPSA) is 99.4 Å². The summed E-state index contributed by atoms with van der Waals surface area (Å²) >= 11 is 0. The van der Waals surface area contributed by atoms with E-state index in [-0.39, 0.29) is 5.91 Å². The van der Waals surface area contributed by atoms with Gasteiger partial charge >= 0.3 is 0 Å². The fourth-order valence-electron chi connectivity index (χ4n) is 5.92. The summed E-state index contributed by atoms with van der Waals surface area (Å²) in [5, 5.41) is 7.06. The van der Waals surface area contributed by atoms with Crippen LogP contribution >= 0.6 is 0 Å². The number of aromatic nitrogens is 2. The summed E-state index contributed by atoms with van der Waals surface area (Å²) in [5.41, 5.74) is 9.38. The number of aryl methyl sites for hydroxylation is 1. The van der Waals surface area contributed by atoms with Crippen LogP contribution in [0.1, 0.15) is 72.9 Å². The number of nitrogens with one attached hydrogen (secondary N) is 2. The van der Waals surface area contributed by atoms with Gasteiger partial charge in [-0.05, 0) is 68.3 Å². The van der Waals surface area contributed by atoms with Gasteiger partial charge in [0.25, 0.3) is 5.91 Å². The summed E-state index contributed by atoms with van der Waals surface area (Å²) in [6, 6.07) is 20.8. The lowest BCUT2D eigenvalue weighted by atomic mass is 9.95. The molecule has 2 heterocycles. The van der Waals surface area contributed by atoms with Crippen LogP contribution in [0.25, 0.3) is 0 Å². The monoisotopic (exact) mass is 581 g/mol. The molecule has 0 radical (unpaired) electrons. The van der Waals surface area contributed by atoms with E-state index in [1.165, 1.54) is 49.7 Å². The van der Waals surface area contributed by atoms with Crippen LogP contribution in [-0.4, -0.2) is 59.5 Å². The Balaban J connectivity index is 1.01. The third-order valence-corrected chi connectivity index (χ3v) is 8.47. The lowest BCUT2D eigenvalue weighted by Gasteiger charge is -2.35. The van der Waals surface area contributed by atoms with Crippen LogP contribution < -0.4 is 21.3 Å². The molecule has 1 saturated heterocycles. The van der Waals surface area contributed by atoms with Gasteiger partial charge in [-0.2, -0.15) is 9.97 Å². The van der Waals surface area contributed by atoms with Gasteiger partial charge in [0.1, 0.15) is 11.6 Å². The van der Waals surface area contributed by atoms with E-state index in [4.69, 9.17) is 10.7 Å². The lowest BCUT2D eigenvalue weighted by Crippen LogP contribution is -2.49. The molecule has 2 fully saturated rings. The average molecular weight is 582 g/mol. The fraction of sp³-hybridized carbons (Fsp3) is 0.457. The van der Waals surface area contributed by atoms with E-state index in [0.717, 1.165) is 43.2 Å². The predicted octanol–water partition coefficient (Wildman–Crippen LogP) is 5.82. The van der Waals surface area contributed by atoms with Crippen molar-refractivity contribution in [3.05, 3.63) is 89.5 Å². The van der Waals surface area contributed by atoms with Crippen molar-refractivity contribution in [1.29, 1.82) is 0 Å². The Bertz CT molecular complexity index is 1300. The zero-order chi connectivity index (χ0) is 29.7. The largest absolute Gasteiger partial charge is 0.383 e. The van der Waals surface area contributed by atoms with E-state index in [1.807, 2.05) is 35.2 Å². The van der Waals surface area contributed by atoms with E-state index in [0.29, 0.717) is 44.5 Å². The predicted molar refractivity (Wildman–Crippen MR) is 176 cm³/mol. The standard InChI is InChI=1S/C35H47N7O/c36-32-26-33(41-22-24-42(25-23-41)34(43)30-13-7-4-8-14-30)40-35(39-32)38-27-29-19-17-28(18-20-29)12-6-2-1-3-11-21-37-31-15-9-5-10-16-31/h1-2,4,7-8,13-14,17-20,26,31,37H,3,5-6,9-12,15-16,21-25,27H2,(H3,36,38,39,40)/b2-1+. The minimum atomic E-state index is 0.0697. The molecule has 0 bridgehead atoms. The third-order valence-electron chi connectivity index (χ3n) is 8.47. The van der Waals surface area contributed by atoms with Crippen molar-refractivity contribution in [3.8, 4) is 0 Å². The number of carbonyl (C=O) groups is 1. The molecular weight excluding hydrogens is 534 g/mol. The zero-order valence-electron chi connectivity index (χ0n) is 25.4. The van der Waals surface area contributed by atoms with Gasteiger partial charge in [0.15, 0.2) is 0 Å². The van der Waals surface area contributed by atoms with Crippen molar-refractivity contribution in [2.45, 2.75) is 70.4 Å². The van der Waals surface area contributed by atoms with Crippen molar-refractivity contribution in [1.82, 2.24) is 20.2 Å². The maximum atomic E-state index is 12.8. The molecular formula is C35H47N7O. The van der Waals surface area contributed by atoms with E-state index in [2.05, 4.69) is 56.9 Å². The van der Waals surface area contributed by atoms with Gasteiger partial charge in [0.05, 0.1) is 0 Å². The molecule has 1 aliphatic carbocycles. The second kappa shape index (κ2) is 16.1. The molecule has 2 aliphatic rings. The van der Waals surface area contributed by atoms with E-state index in [1.54, 1.807) is 6.07 Å². The first kappa shape index (κ1) is 30.5. The van der Waals surface area contributed by atoms with Gasteiger partial charge in [-0.3, -0.25) is 4.79 Å². The smallest absolute Gasteiger partial charge is 0.253 e. The molecule has 3 aromatic rings. The normalized spacial score (nSPS) is 16.1. The number of nitrogens with two attached hydrogens (primary N) is 1. The SMILES string of the molecule is Nc1cc(N2CCN(C(=O)c3ccccc3)CC2)nc(NCc2ccc(CC/C=C/CCCNC3CCCCC3)cc2)n1. The minimum Gasteiger partial charge on any atom is -0.383 e. The van der Waals surface area contributed by atoms with Crippen LogP contribution in [-0.2, 0) is 13.0 Å². The van der Waals surface area contributed by atoms with Gasteiger partial charge in [-0.15, -0.1) is 0 Å². The molecule has 2 aromatic carbocycles. The Hall–Kier alpha value is -3.91. The lowest BCUT2D eigenvalue weighted by molar-refractivity contribution is 0.0746. The molecule has 1 aromatic heterocycles. The van der Waals surface area contributed by atoms with Crippen LogP contribution in [0.2, 0.25) is 0 Å². The molecule has 4 N–H and O–H groups in total. The fourth-order valence-corrected chi connectivity index (χ4v) is 5.92. The number of anilines is 3. The van der Waals surface area contributed by atoms with Gasteiger partial charge in [-0.25, -0.2) is 0 Å². The number of carbonyl (C=O) groups excluding carboxylic acids is 1. The Labute approximate surface area is 256 Å². The van der Waals surface area contributed by atoms with Crippen LogP contribution in [0.4, 0.5) is 17.6 Å². The first-order valence-electron chi connectivity index (χ1n) is 16.1. The first-order valence-corrected chi connectivity index (χ1v) is 16.1. The van der Waals surface area contributed by atoms with Crippen molar-refractivity contribution < 1.29 is 4.79 Å². The number of rotatable bonds is 13. The molecule has 8 heteroatoms. The number of unbranched alkanes of at least 4 members (excludes halogenated alkanes) is 1. The molecule has 0 unspecified atom stereocenters. The second-order valence-electron chi connectivity index (χ2n) is 11.7. The molecule has 228 valence electrons. The summed E-state index contributed by atoms with van der Waals surface area (Å²) in [7, 11) is 0. The van der Waals surface area contributed by atoms with Gasteiger partial charge < -0.3 is 26.2 Å². The quantitative estimate of drug-likeness (QED) is 0.173. The van der Waals surface area contributed by atoms with Crippen LogP contribution in [0.5, 0.6) is 0 Å². The number of allylic oxidation sites excluding steroid dienone is 2. The summed E-state index contributed by atoms with van der Waals surface area (Å²) in [6.07, 6.45) is 16.1. The number of nitrogens with zero attached hydrogens (tertiary/aromatic N) is 4. The van der Waals surface area contributed by atoms with E-state index < -0.39 is 0 Å². The number of piperazine rings is 1. The molecule has 1 aliphatic heterocycles. The summed E-state index contributed by atoms with van der Waals surface area (Å²) in [6.45, 7) is 4.43. The highest BCUT2D eigenvalue weighted by Crippen LogP contribution is 2.20. The Morgan fingerprint density at radius 2 is 1.60 bits per heavy atom. The third kappa shape index (κ3) is 9.55. The maximum Gasteiger partial charge on any atom is 0.253 e. The van der Waals surface area contributed by atoms with Crippen LogP contribution in [0.3, 0.4) is 0 Å². The number of nitrogen functional groups attached to an aromatic ring is 1. The minimum absolute atomic E-state index is 0.0697. The molecule has 5 rings (SSSR count). The number of benzene rings is 2. The summed E-state index contributed by atoms with van der Waals surface area (Å²) in [4.78, 5) is 26.0. The zero-order valence-corrected chi connectivity index (χ0v) is 25.4. The van der Waals surface area contributed by atoms with E-state index >= 15 is 0 Å². The van der Waals surface area contributed by atoms with Crippen molar-refractivity contribution >= 4 is 23.5 Å². The first-order chi connectivity index (χ1) is 21.1. The van der Waals surface area contributed by atoms with Gasteiger partial charge in [0, 0.05) is 50.4 Å². The van der Waals surface area contributed by atoms with E-state index in [9.17, 15) is 4.79 Å². The van der Waals surface area contributed by atoms with Crippen molar-refractivity contribution in [3.63, 3.8) is 0 Å². The van der Waals surface area contributed by atoms with Gasteiger partial charge in [0.2, 0.25) is 5.95 Å². The number of amides is 1. The number of hydrogen-bond acceptors (Lipinski definition) is 7. The second-order valence-corrected chi connectivity index (χ2v) is 11.7. The molecule has 8 nitrogen and oxygen atoms in total. The van der Waals surface area contributed by atoms with Gasteiger partial charge in [-0.1, -0.05) is 73.9 Å². The highest BCUT2D eigenvalue weighted by atomic mass is 16.2. The van der Waals surface area contributed by atoms with Crippen molar-refractivity contribution in [2.75, 3.05) is 48.7 Å². The Morgan fingerprint density at radius 1 is 0.884 bits per heavy atom. The molecule has 0 spiro atoms. The molecule has 1 amide bonds. The summed E-state index contributed by atoms with van der Waals surface area (Å²) in [5.74, 6) is 1.80.